The van der Waals surface area contributed by atoms with Crippen LogP contribution in [-0.4, -0.2) is 46.7 Å². The van der Waals surface area contributed by atoms with E-state index in [1.54, 1.807) is 22.6 Å². The van der Waals surface area contributed by atoms with Crippen LogP contribution in [0.5, 0.6) is 0 Å². The summed E-state index contributed by atoms with van der Waals surface area (Å²) in [4.78, 5) is 48.6. The molecule has 0 radical (unpaired) electrons. The Morgan fingerprint density at radius 2 is 1.54 bits per heavy atom. The van der Waals surface area contributed by atoms with E-state index < -0.39 is 29.9 Å². The van der Waals surface area contributed by atoms with Gasteiger partial charge >= 0.3 is 17.9 Å². The highest BCUT2D eigenvalue weighted by atomic mass is 127. The van der Waals surface area contributed by atoms with Crippen molar-refractivity contribution in [3.63, 3.8) is 0 Å². The third-order valence-electron chi connectivity index (χ3n) is 3.69. The number of halogens is 3. The molecular formula is C15H12I3NO7. The molecule has 1 aromatic rings. The molecule has 2 N–H and O–H groups in total. The van der Waals surface area contributed by atoms with Crippen molar-refractivity contribution in [1.29, 1.82) is 0 Å². The molecule has 0 saturated carbocycles. The molecule has 0 aliphatic carbocycles. The Balaban J connectivity index is 2.68. The first kappa shape index (κ1) is 21.6. The van der Waals surface area contributed by atoms with Crippen LogP contribution in [-0.2, 0) is 14.3 Å². The average Bonchev–Trinajstić information content (AvgIpc) is 2.49. The van der Waals surface area contributed by atoms with Gasteiger partial charge in [0.15, 0.2) is 6.10 Å². The van der Waals surface area contributed by atoms with Gasteiger partial charge in [0.05, 0.1) is 24.0 Å². The Kier molecular flexibility index (Phi) is 7.09. The lowest BCUT2D eigenvalue weighted by Crippen LogP contribution is -2.47. The number of aromatic carboxylic acids is 2. The number of hydrogen-bond donors (Lipinski definition) is 2. The van der Waals surface area contributed by atoms with Crippen LogP contribution in [0, 0.1) is 10.7 Å². The molecule has 1 amide bonds. The van der Waals surface area contributed by atoms with E-state index in [2.05, 4.69) is 0 Å². The summed E-state index contributed by atoms with van der Waals surface area (Å²) < 4.78 is 5.68. The van der Waals surface area contributed by atoms with Crippen LogP contribution in [0.1, 0.15) is 40.5 Å². The number of esters is 1. The summed E-state index contributed by atoms with van der Waals surface area (Å²) in [5, 5.41) is 19.1. The molecule has 1 heterocycles. The first-order valence-electron chi connectivity index (χ1n) is 7.23. The van der Waals surface area contributed by atoms with Crippen molar-refractivity contribution in [3.05, 3.63) is 21.8 Å². The van der Waals surface area contributed by atoms with Gasteiger partial charge in [0.2, 0.25) is 0 Å². The number of ether oxygens (including phenoxy) is 1. The zero-order chi connectivity index (χ0) is 19.8. The summed E-state index contributed by atoms with van der Waals surface area (Å²) in [6.45, 7) is 1.48. The molecule has 0 bridgehead atoms. The van der Waals surface area contributed by atoms with Crippen LogP contribution in [0.25, 0.3) is 0 Å². The largest absolute Gasteiger partial charge is 0.478 e. The SMILES string of the molecule is CC(=O)OC1CCCN(c2c(I)c(C(=O)O)c(I)c(C(=O)O)c2I)C1=O. The second kappa shape index (κ2) is 8.53. The smallest absolute Gasteiger partial charge is 0.337 e. The molecule has 1 saturated heterocycles. The molecule has 1 fully saturated rings. The molecule has 0 aromatic heterocycles. The molecule has 0 spiro atoms. The number of piperidine rings is 1. The lowest BCUT2D eigenvalue weighted by Gasteiger charge is -2.33. The highest BCUT2D eigenvalue weighted by Gasteiger charge is 2.37. The van der Waals surface area contributed by atoms with Crippen molar-refractivity contribution in [1.82, 2.24) is 0 Å². The van der Waals surface area contributed by atoms with Gasteiger partial charge in [0, 0.05) is 17.0 Å². The van der Waals surface area contributed by atoms with Crippen LogP contribution in [0.2, 0.25) is 0 Å². The zero-order valence-corrected chi connectivity index (χ0v) is 19.7. The molecule has 1 aliphatic rings. The number of amides is 1. The summed E-state index contributed by atoms with van der Waals surface area (Å²) in [5.41, 5.74) is -0.105. The maximum Gasteiger partial charge on any atom is 0.337 e. The van der Waals surface area contributed by atoms with E-state index >= 15 is 0 Å². The van der Waals surface area contributed by atoms with Gasteiger partial charge in [-0.25, -0.2) is 9.59 Å². The van der Waals surface area contributed by atoms with Crippen LogP contribution < -0.4 is 4.90 Å². The fourth-order valence-electron chi connectivity index (χ4n) is 2.64. The Hall–Kier alpha value is -0.710. The molecule has 1 atom stereocenters. The lowest BCUT2D eigenvalue weighted by molar-refractivity contribution is -0.154. The first-order valence-corrected chi connectivity index (χ1v) is 10.5. The van der Waals surface area contributed by atoms with E-state index in [1.165, 1.54) is 11.8 Å². The topological polar surface area (TPSA) is 121 Å². The first-order chi connectivity index (χ1) is 12.1. The third-order valence-corrected chi connectivity index (χ3v) is 6.87. The lowest BCUT2D eigenvalue weighted by atomic mass is 10.0. The van der Waals surface area contributed by atoms with Crippen molar-refractivity contribution in [2.24, 2.45) is 0 Å². The standard InChI is InChI=1S/C15H12I3NO7/c1-5(20)26-6-3-2-4-19(13(6)21)12-10(17)7(14(22)23)9(16)8(11(12)18)15(24)25/h6H,2-4H2,1H3,(H,22,23)(H,24,25). The number of anilines is 1. The predicted octanol–water partition coefficient (Wildman–Crippen LogP) is 2.96. The maximum atomic E-state index is 12.8. The number of hydrogen-bond acceptors (Lipinski definition) is 5. The Morgan fingerprint density at radius 3 is 1.96 bits per heavy atom. The van der Waals surface area contributed by atoms with Crippen molar-refractivity contribution in [2.75, 3.05) is 11.4 Å². The van der Waals surface area contributed by atoms with Gasteiger partial charge in [-0.2, -0.15) is 0 Å². The minimum atomic E-state index is -1.28. The maximum absolute atomic E-state index is 12.8. The molecule has 1 aliphatic heterocycles. The van der Waals surface area contributed by atoms with E-state index in [0.29, 0.717) is 12.8 Å². The van der Waals surface area contributed by atoms with Crippen LogP contribution in [0.3, 0.4) is 0 Å². The normalized spacial score (nSPS) is 17.2. The molecule has 140 valence electrons. The summed E-state index contributed by atoms with van der Waals surface area (Å²) in [6, 6.07) is 0. The number of carboxylic acids is 2. The van der Waals surface area contributed by atoms with Crippen molar-refractivity contribution < 1.29 is 34.1 Å². The summed E-state index contributed by atoms with van der Waals surface area (Å²) >= 11 is 5.31. The van der Waals surface area contributed by atoms with Crippen LogP contribution >= 0.6 is 67.8 Å². The van der Waals surface area contributed by atoms with E-state index in [4.69, 9.17) is 4.74 Å². The van der Waals surface area contributed by atoms with Gasteiger partial charge in [0.25, 0.3) is 5.91 Å². The number of nitrogens with zero attached hydrogens (tertiary/aromatic N) is 1. The number of carboxylic acid groups (broad SMARTS) is 2. The van der Waals surface area contributed by atoms with Crippen LogP contribution in [0.4, 0.5) is 5.69 Å². The molecule has 26 heavy (non-hydrogen) atoms. The zero-order valence-electron chi connectivity index (χ0n) is 13.2. The summed E-state index contributed by atoms with van der Waals surface area (Å²) in [6.07, 6.45) is -0.0647. The van der Waals surface area contributed by atoms with Gasteiger partial charge in [-0.1, -0.05) is 0 Å². The van der Waals surface area contributed by atoms with Gasteiger partial charge in [-0.3, -0.25) is 9.59 Å². The molecule has 8 nitrogen and oxygen atoms in total. The fourth-order valence-corrected chi connectivity index (χ4v) is 7.31. The van der Waals surface area contributed by atoms with Gasteiger partial charge in [0.1, 0.15) is 0 Å². The van der Waals surface area contributed by atoms with Gasteiger partial charge in [-0.15, -0.1) is 0 Å². The third kappa shape index (κ3) is 4.07. The molecule has 2 rings (SSSR count). The fraction of sp³-hybridized carbons (Fsp3) is 0.333. The number of carbonyl (C=O) groups excluding carboxylic acids is 2. The minimum absolute atomic E-state index is 0.0983. The average molecular weight is 699 g/mol. The number of benzene rings is 1. The van der Waals surface area contributed by atoms with Gasteiger partial charge < -0.3 is 19.8 Å². The van der Waals surface area contributed by atoms with Crippen LogP contribution in [0.15, 0.2) is 0 Å². The van der Waals surface area contributed by atoms with Gasteiger partial charge in [-0.05, 0) is 80.6 Å². The monoisotopic (exact) mass is 699 g/mol. The summed E-state index contributed by atoms with van der Waals surface area (Å²) in [7, 11) is 0. The van der Waals surface area contributed by atoms with E-state index in [1.807, 2.05) is 45.2 Å². The van der Waals surface area contributed by atoms with Crippen molar-refractivity contribution in [3.8, 4) is 0 Å². The Morgan fingerprint density at radius 1 is 1.04 bits per heavy atom. The van der Waals surface area contributed by atoms with E-state index in [0.717, 1.165) is 0 Å². The summed E-state index contributed by atoms with van der Waals surface area (Å²) in [5.74, 6) is -3.63. The van der Waals surface area contributed by atoms with E-state index in [9.17, 15) is 29.4 Å². The second-order valence-corrected chi connectivity index (χ2v) is 8.62. The number of carbonyl (C=O) groups is 4. The quantitative estimate of drug-likeness (QED) is 0.367. The number of rotatable bonds is 4. The predicted molar refractivity (Wildman–Crippen MR) is 116 cm³/mol. The molecule has 11 heteroatoms. The molecular weight excluding hydrogens is 687 g/mol. The highest BCUT2D eigenvalue weighted by Crippen LogP contribution is 2.39. The minimum Gasteiger partial charge on any atom is -0.478 e. The van der Waals surface area contributed by atoms with Crippen molar-refractivity contribution >= 4 is 97.3 Å². The highest BCUT2D eigenvalue weighted by molar-refractivity contribution is 14.1. The molecule has 1 aromatic carbocycles. The second-order valence-electron chi connectivity index (χ2n) is 5.38. The Labute approximate surface area is 189 Å². The Bertz CT molecular complexity index is 783. The molecule has 1 unspecified atom stereocenters. The van der Waals surface area contributed by atoms with Crippen molar-refractivity contribution in [2.45, 2.75) is 25.9 Å². The van der Waals surface area contributed by atoms with E-state index in [-0.39, 0.29) is 34.1 Å².